The van der Waals surface area contributed by atoms with E-state index < -0.39 is 10.0 Å². The van der Waals surface area contributed by atoms with E-state index in [1.807, 2.05) is 31.2 Å². The average molecular weight is 425 g/mol. The van der Waals surface area contributed by atoms with Crippen LogP contribution in [0, 0.1) is 6.92 Å². The number of ether oxygens (including phenoxy) is 1. The van der Waals surface area contributed by atoms with E-state index in [2.05, 4.69) is 5.32 Å². The molecule has 0 saturated heterocycles. The van der Waals surface area contributed by atoms with E-state index in [-0.39, 0.29) is 17.4 Å². The maximum atomic E-state index is 13.0. The lowest BCUT2D eigenvalue weighted by molar-refractivity contribution is -0.118. The molecule has 0 radical (unpaired) electrons. The molecule has 1 amide bonds. The molecule has 3 aromatic rings. The van der Waals surface area contributed by atoms with E-state index in [0.717, 1.165) is 5.56 Å². The topological polar surface area (TPSA) is 75.7 Å². The normalized spacial score (nSPS) is 11.0. The van der Waals surface area contributed by atoms with E-state index in [1.165, 1.54) is 16.4 Å². The summed E-state index contributed by atoms with van der Waals surface area (Å²) in [5, 5.41) is 2.71. The van der Waals surface area contributed by atoms with Crippen LogP contribution in [0.2, 0.25) is 0 Å². The third kappa shape index (κ3) is 5.18. The van der Waals surface area contributed by atoms with Crippen LogP contribution in [-0.4, -0.2) is 27.5 Å². The van der Waals surface area contributed by atoms with Gasteiger partial charge in [-0.25, -0.2) is 8.42 Å². The van der Waals surface area contributed by atoms with Gasteiger partial charge in [0.15, 0.2) is 6.61 Å². The number of hydrogen-bond donors (Lipinski definition) is 1. The van der Waals surface area contributed by atoms with Crippen LogP contribution in [0.3, 0.4) is 0 Å². The minimum Gasteiger partial charge on any atom is -0.484 e. The van der Waals surface area contributed by atoms with E-state index in [4.69, 9.17) is 4.74 Å². The fourth-order valence-corrected chi connectivity index (χ4v) is 4.45. The molecule has 0 unspecified atom stereocenters. The average Bonchev–Trinajstić information content (AvgIpc) is 2.74. The van der Waals surface area contributed by atoms with Crippen LogP contribution in [0.15, 0.2) is 83.8 Å². The van der Waals surface area contributed by atoms with Gasteiger partial charge in [-0.3, -0.25) is 9.10 Å². The number of sulfonamides is 1. The van der Waals surface area contributed by atoms with Gasteiger partial charge in [0.1, 0.15) is 5.75 Å². The molecule has 0 fully saturated rings. The smallest absolute Gasteiger partial charge is 0.264 e. The van der Waals surface area contributed by atoms with Crippen molar-refractivity contribution >= 4 is 27.3 Å². The summed E-state index contributed by atoms with van der Waals surface area (Å²) in [6, 6.07) is 22.5. The van der Waals surface area contributed by atoms with Crippen molar-refractivity contribution in [2.45, 2.75) is 18.7 Å². The van der Waals surface area contributed by atoms with Crippen LogP contribution in [-0.2, 0) is 14.8 Å². The van der Waals surface area contributed by atoms with Gasteiger partial charge in [0.05, 0.1) is 10.6 Å². The van der Waals surface area contributed by atoms with Crippen molar-refractivity contribution in [2.24, 2.45) is 0 Å². The number of hydrogen-bond acceptors (Lipinski definition) is 4. The van der Waals surface area contributed by atoms with Gasteiger partial charge in [0.25, 0.3) is 15.9 Å². The Balaban J connectivity index is 1.66. The van der Waals surface area contributed by atoms with Gasteiger partial charge in [-0.2, -0.15) is 0 Å². The molecule has 0 aliphatic carbocycles. The van der Waals surface area contributed by atoms with Crippen LogP contribution in [0.5, 0.6) is 5.75 Å². The Morgan fingerprint density at radius 1 is 0.967 bits per heavy atom. The predicted molar refractivity (Wildman–Crippen MR) is 118 cm³/mol. The van der Waals surface area contributed by atoms with Crippen LogP contribution in [0.1, 0.15) is 12.5 Å². The SMILES string of the molecule is CCN(c1ccccc1)S(=O)(=O)c1ccc(NC(=O)COc2cccc(C)c2)cc1. The van der Waals surface area contributed by atoms with Crippen molar-refractivity contribution in [3.63, 3.8) is 0 Å². The molecule has 3 rings (SSSR count). The Bertz CT molecular complexity index is 1100. The Hall–Kier alpha value is -3.32. The second-order valence-corrected chi connectivity index (χ2v) is 8.55. The summed E-state index contributed by atoms with van der Waals surface area (Å²) in [5.74, 6) is 0.291. The molecule has 0 saturated carbocycles. The second kappa shape index (κ2) is 9.45. The molecular formula is C23H24N2O4S. The molecule has 0 atom stereocenters. The molecule has 7 heteroatoms. The first-order valence-electron chi connectivity index (χ1n) is 9.57. The molecule has 0 heterocycles. The molecule has 0 aliphatic rings. The zero-order valence-electron chi connectivity index (χ0n) is 16.9. The Kier molecular flexibility index (Phi) is 6.74. The van der Waals surface area contributed by atoms with Gasteiger partial charge in [-0.1, -0.05) is 30.3 Å². The zero-order chi connectivity index (χ0) is 21.6. The molecule has 0 bridgehead atoms. The van der Waals surface area contributed by atoms with E-state index in [1.54, 1.807) is 49.4 Å². The Labute approximate surface area is 177 Å². The lowest BCUT2D eigenvalue weighted by atomic mass is 10.2. The molecule has 0 spiro atoms. The summed E-state index contributed by atoms with van der Waals surface area (Å²) in [6.45, 7) is 3.90. The van der Waals surface area contributed by atoms with Gasteiger partial charge < -0.3 is 10.1 Å². The van der Waals surface area contributed by atoms with Crippen molar-refractivity contribution in [3.05, 3.63) is 84.4 Å². The van der Waals surface area contributed by atoms with E-state index >= 15 is 0 Å². The van der Waals surface area contributed by atoms with Crippen molar-refractivity contribution < 1.29 is 17.9 Å². The number of nitrogens with one attached hydrogen (secondary N) is 1. The fraction of sp³-hybridized carbons (Fsp3) is 0.174. The van der Waals surface area contributed by atoms with Gasteiger partial charge in [0.2, 0.25) is 0 Å². The van der Waals surface area contributed by atoms with Gasteiger partial charge in [-0.05, 0) is 67.9 Å². The predicted octanol–water partition coefficient (Wildman–Crippen LogP) is 4.23. The minimum absolute atomic E-state index is 0.138. The molecule has 0 aromatic heterocycles. The third-order valence-corrected chi connectivity index (χ3v) is 6.33. The molecular weight excluding hydrogens is 400 g/mol. The van der Waals surface area contributed by atoms with E-state index in [0.29, 0.717) is 23.7 Å². The number of anilines is 2. The molecule has 156 valence electrons. The maximum Gasteiger partial charge on any atom is 0.264 e. The molecule has 0 aliphatic heterocycles. The molecule has 1 N–H and O–H groups in total. The summed E-state index contributed by atoms with van der Waals surface area (Å²) in [7, 11) is -3.70. The number of carbonyl (C=O) groups is 1. The quantitative estimate of drug-likeness (QED) is 0.587. The van der Waals surface area contributed by atoms with Crippen molar-refractivity contribution in [1.29, 1.82) is 0 Å². The summed E-state index contributed by atoms with van der Waals surface area (Å²) >= 11 is 0. The summed E-state index contributed by atoms with van der Waals surface area (Å²) < 4.78 is 32.8. The van der Waals surface area contributed by atoms with Crippen molar-refractivity contribution in [2.75, 3.05) is 22.8 Å². The number of para-hydroxylation sites is 1. The number of benzene rings is 3. The van der Waals surface area contributed by atoms with Gasteiger partial charge in [-0.15, -0.1) is 0 Å². The first-order chi connectivity index (χ1) is 14.4. The van der Waals surface area contributed by atoms with Crippen molar-refractivity contribution in [1.82, 2.24) is 0 Å². The maximum absolute atomic E-state index is 13.0. The van der Waals surface area contributed by atoms with Gasteiger partial charge >= 0.3 is 0 Å². The number of carbonyl (C=O) groups excluding carboxylic acids is 1. The first-order valence-corrected chi connectivity index (χ1v) is 11.0. The minimum atomic E-state index is -3.70. The molecule has 3 aromatic carbocycles. The highest BCUT2D eigenvalue weighted by atomic mass is 32.2. The second-order valence-electron chi connectivity index (χ2n) is 6.68. The summed E-state index contributed by atoms with van der Waals surface area (Å²) in [4.78, 5) is 12.3. The number of nitrogens with zero attached hydrogens (tertiary/aromatic N) is 1. The highest BCUT2D eigenvalue weighted by Crippen LogP contribution is 2.24. The summed E-state index contributed by atoms with van der Waals surface area (Å²) in [6.07, 6.45) is 0. The lowest BCUT2D eigenvalue weighted by Crippen LogP contribution is -2.30. The Morgan fingerprint density at radius 2 is 1.67 bits per heavy atom. The highest BCUT2D eigenvalue weighted by molar-refractivity contribution is 7.92. The number of rotatable bonds is 8. The van der Waals surface area contributed by atoms with Crippen LogP contribution in [0.25, 0.3) is 0 Å². The van der Waals surface area contributed by atoms with Crippen molar-refractivity contribution in [3.8, 4) is 5.75 Å². The van der Waals surface area contributed by atoms with Crippen LogP contribution in [0.4, 0.5) is 11.4 Å². The van der Waals surface area contributed by atoms with Crippen LogP contribution < -0.4 is 14.4 Å². The standard InChI is InChI=1S/C23H24N2O4S/c1-3-25(20-9-5-4-6-10-20)30(27,28)22-14-12-19(13-15-22)24-23(26)17-29-21-11-7-8-18(2)16-21/h4-16H,3,17H2,1-2H3,(H,24,26). The fourth-order valence-electron chi connectivity index (χ4n) is 2.97. The zero-order valence-corrected chi connectivity index (χ0v) is 17.7. The lowest BCUT2D eigenvalue weighted by Gasteiger charge is -2.23. The molecule has 30 heavy (non-hydrogen) atoms. The Morgan fingerprint density at radius 3 is 2.30 bits per heavy atom. The number of amides is 1. The monoisotopic (exact) mass is 424 g/mol. The first kappa shape index (κ1) is 21.4. The molecule has 6 nitrogen and oxygen atoms in total. The van der Waals surface area contributed by atoms with Crippen LogP contribution >= 0.6 is 0 Å². The van der Waals surface area contributed by atoms with E-state index in [9.17, 15) is 13.2 Å². The third-order valence-electron chi connectivity index (χ3n) is 4.42. The highest BCUT2D eigenvalue weighted by Gasteiger charge is 2.23. The largest absolute Gasteiger partial charge is 0.484 e. The van der Waals surface area contributed by atoms with Gasteiger partial charge in [0, 0.05) is 12.2 Å². The summed E-state index contributed by atoms with van der Waals surface area (Å²) in [5.41, 5.74) is 2.14. The number of aryl methyl sites for hydroxylation is 1.